The molecule has 0 N–H and O–H groups in total. The van der Waals surface area contributed by atoms with Gasteiger partial charge in [0.1, 0.15) is 10.3 Å². The summed E-state index contributed by atoms with van der Waals surface area (Å²) in [5.74, 6) is 0.405. The highest BCUT2D eigenvalue weighted by molar-refractivity contribution is 6.29. The van der Waals surface area contributed by atoms with Crippen molar-refractivity contribution in [1.82, 2.24) is 14.8 Å². The molecule has 1 fully saturated rings. The van der Waals surface area contributed by atoms with Crippen molar-refractivity contribution >= 4 is 17.6 Å². The van der Waals surface area contributed by atoms with Crippen LogP contribution in [0.1, 0.15) is 12.5 Å². The number of likely N-dealkylation sites (N-methyl/N-ethyl adjacent to an activating group) is 1. The Hall–Kier alpha value is -1.89. The molecule has 2 rings (SSSR count). The zero-order valence-corrected chi connectivity index (χ0v) is 11.2. The Bertz CT molecular complexity index is 490. The van der Waals surface area contributed by atoms with Crippen LogP contribution in [0.5, 0.6) is 0 Å². The number of nitro groups is 1. The van der Waals surface area contributed by atoms with Crippen LogP contribution in [0.4, 0.5) is 0 Å². The predicted octanol–water partition coefficient (Wildman–Crippen LogP) is 1.42. The normalized spacial score (nSPS) is 17.3. The molecular formula is C11H14ClN5O2. The number of aromatic nitrogens is 1. The van der Waals surface area contributed by atoms with E-state index < -0.39 is 5.03 Å². The van der Waals surface area contributed by atoms with Crippen molar-refractivity contribution in [2.75, 3.05) is 19.6 Å². The Balaban J connectivity index is 2.14. The van der Waals surface area contributed by atoms with Crippen LogP contribution in [0.25, 0.3) is 0 Å². The molecule has 0 aliphatic carbocycles. The van der Waals surface area contributed by atoms with E-state index in [0.29, 0.717) is 30.7 Å². The van der Waals surface area contributed by atoms with Crippen molar-refractivity contribution in [3.63, 3.8) is 0 Å². The quantitative estimate of drug-likeness (QED) is 0.475. The molecule has 7 nitrogen and oxygen atoms in total. The van der Waals surface area contributed by atoms with Gasteiger partial charge in [0, 0.05) is 32.4 Å². The fraction of sp³-hybridized carbons (Fsp3) is 0.455. The molecule has 0 saturated carbocycles. The first-order valence-electron chi connectivity index (χ1n) is 5.93. The number of pyridine rings is 1. The largest absolute Gasteiger partial charge is 0.336 e. The van der Waals surface area contributed by atoms with Gasteiger partial charge >= 0.3 is 0 Å². The zero-order chi connectivity index (χ0) is 13.8. The Labute approximate surface area is 115 Å². The highest BCUT2D eigenvalue weighted by atomic mass is 35.5. The number of hydrazone groups is 1. The number of halogens is 1. The Morgan fingerprint density at radius 2 is 2.21 bits per heavy atom. The van der Waals surface area contributed by atoms with Gasteiger partial charge in [0.2, 0.25) is 0 Å². The van der Waals surface area contributed by atoms with Gasteiger partial charge in [0.15, 0.2) is 5.03 Å². The van der Waals surface area contributed by atoms with E-state index in [-0.39, 0.29) is 0 Å². The maximum Gasteiger partial charge on any atom is 0.274 e. The SMILES string of the molecule is CCN1CCN(Cc2ccc(Cl)nc2)/C1=N/[N+](=O)[O-]. The number of hydrogen-bond donors (Lipinski definition) is 0. The fourth-order valence-corrected chi connectivity index (χ4v) is 2.12. The van der Waals surface area contributed by atoms with Crippen molar-refractivity contribution in [2.24, 2.45) is 5.10 Å². The maximum atomic E-state index is 10.6. The molecule has 1 saturated heterocycles. The number of guanidine groups is 1. The van der Waals surface area contributed by atoms with E-state index in [1.165, 1.54) is 0 Å². The lowest BCUT2D eigenvalue weighted by molar-refractivity contribution is -0.486. The summed E-state index contributed by atoms with van der Waals surface area (Å²) in [7, 11) is 0. The van der Waals surface area contributed by atoms with E-state index in [0.717, 1.165) is 12.1 Å². The van der Waals surface area contributed by atoms with Gasteiger partial charge < -0.3 is 9.80 Å². The summed E-state index contributed by atoms with van der Waals surface area (Å²) in [4.78, 5) is 18.3. The van der Waals surface area contributed by atoms with Gasteiger partial charge in [-0.2, -0.15) is 0 Å². The molecule has 0 amide bonds. The number of hydrogen-bond acceptors (Lipinski definition) is 3. The highest BCUT2D eigenvalue weighted by Gasteiger charge is 2.28. The summed E-state index contributed by atoms with van der Waals surface area (Å²) < 4.78 is 0. The Morgan fingerprint density at radius 1 is 1.47 bits per heavy atom. The van der Waals surface area contributed by atoms with E-state index in [2.05, 4.69) is 10.1 Å². The van der Waals surface area contributed by atoms with Crippen molar-refractivity contribution in [3.8, 4) is 0 Å². The van der Waals surface area contributed by atoms with Gasteiger partial charge in [-0.05, 0) is 18.6 Å². The first kappa shape index (κ1) is 13.5. The van der Waals surface area contributed by atoms with Crippen molar-refractivity contribution in [3.05, 3.63) is 39.2 Å². The topological polar surface area (TPSA) is 74.9 Å². The van der Waals surface area contributed by atoms with Gasteiger partial charge in [0.05, 0.1) is 0 Å². The first-order valence-corrected chi connectivity index (χ1v) is 6.31. The van der Waals surface area contributed by atoms with Crippen molar-refractivity contribution in [2.45, 2.75) is 13.5 Å². The van der Waals surface area contributed by atoms with E-state index in [4.69, 9.17) is 11.6 Å². The summed E-state index contributed by atoms with van der Waals surface area (Å²) >= 11 is 5.73. The molecule has 0 radical (unpaired) electrons. The monoisotopic (exact) mass is 283 g/mol. The number of nitrogens with zero attached hydrogens (tertiary/aromatic N) is 5. The van der Waals surface area contributed by atoms with Gasteiger partial charge in [-0.1, -0.05) is 17.7 Å². The minimum atomic E-state index is -0.656. The second kappa shape index (κ2) is 5.83. The second-order valence-electron chi connectivity index (χ2n) is 4.13. The van der Waals surface area contributed by atoms with E-state index in [1.807, 2.05) is 22.8 Å². The molecule has 0 bridgehead atoms. The van der Waals surface area contributed by atoms with Crippen LogP contribution in [0.2, 0.25) is 5.15 Å². The lowest BCUT2D eigenvalue weighted by Gasteiger charge is -2.19. The van der Waals surface area contributed by atoms with Gasteiger partial charge in [-0.3, -0.25) is 0 Å². The van der Waals surface area contributed by atoms with Gasteiger partial charge in [-0.25, -0.2) is 15.1 Å². The lowest BCUT2D eigenvalue weighted by Crippen LogP contribution is -2.34. The molecule has 102 valence electrons. The van der Waals surface area contributed by atoms with Crippen LogP contribution in [-0.2, 0) is 6.54 Å². The molecule has 0 atom stereocenters. The molecule has 0 spiro atoms. The smallest absolute Gasteiger partial charge is 0.274 e. The first-order chi connectivity index (χ1) is 9.10. The lowest BCUT2D eigenvalue weighted by atomic mass is 10.3. The molecule has 0 aromatic carbocycles. The fourth-order valence-electron chi connectivity index (χ4n) is 2.01. The molecule has 0 unspecified atom stereocenters. The standard InChI is InChI=1S/C11H14ClN5O2/c1-2-15-5-6-16(11(15)14-17(18)19)8-9-3-4-10(12)13-7-9/h3-4,7H,2,5-6,8H2,1H3/b14-11+. The molecular weight excluding hydrogens is 270 g/mol. The second-order valence-corrected chi connectivity index (χ2v) is 4.52. The number of rotatable bonds is 4. The molecule has 19 heavy (non-hydrogen) atoms. The highest BCUT2D eigenvalue weighted by Crippen LogP contribution is 2.14. The third-order valence-electron chi connectivity index (χ3n) is 2.92. The molecule has 1 aromatic rings. The molecule has 1 aliphatic heterocycles. The zero-order valence-electron chi connectivity index (χ0n) is 10.5. The van der Waals surface area contributed by atoms with E-state index in [1.54, 1.807) is 12.3 Å². The van der Waals surface area contributed by atoms with Crippen LogP contribution in [-0.4, -0.2) is 45.4 Å². The maximum absolute atomic E-state index is 10.6. The van der Waals surface area contributed by atoms with Crippen LogP contribution >= 0.6 is 11.6 Å². The summed E-state index contributed by atoms with van der Waals surface area (Å²) in [6, 6.07) is 3.56. The molecule has 1 aliphatic rings. The van der Waals surface area contributed by atoms with Crippen LogP contribution in [0, 0.1) is 10.1 Å². The van der Waals surface area contributed by atoms with Gasteiger partial charge in [0.25, 0.3) is 5.96 Å². The average Bonchev–Trinajstić information content (AvgIpc) is 2.74. The predicted molar refractivity (Wildman–Crippen MR) is 71.3 cm³/mol. The summed E-state index contributed by atoms with van der Waals surface area (Å²) in [5, 5.41) is 13.8. The summed E-state index contributed by atoms with van der Waals surface area (Å²) in [6.07, 6.45) is 1.67. The minimum Gasteiger partial charge on any atom is -0.336 e. The molecule has 1 aromatic heterocycles. The third-order valence-corrected chi connectivity index (χ3v) is 3.14. The molecule has 8 heteroatoms. The van der Waals surface area contributed by atoms with Crippen LogP contribution < -0.4 is 0 Å². The summed E-state index contributed by atoms with van der Waals surface area (Å²) in [6.45, 7) is 4.63. The minimum absolute atomic E-state index is 0.405. The van der Waals surface area contributed by atoms with Gasteiger partial charge in [-0.15, -0.1) is 0 Å². The van der Waals surface area contributed by atoms with Crippen LogP contribution in [0.15, 0.2) is 23.4 Å². The van der Waals surface area contributed by atoms with Crippen LogP contribution in [0.3, 0.4) is 0 Å². The van der Waals surface area contributed by atoms with E-state index in [9.17, 15) is 10.1 Å². The van der Waals surface area contributed by atoms with E-state index >= 15 is 0 Å². The summed E-state index contributed by atoms with van der Waals surface area (Å²) in [5.41, 5.74) is 0.943. The average molecular weight is 284 g/mol. The Morgan fingerprint density at radius 3 is 2.79 bits per heavy atom. The third kappa shape index (κ3) is 3.31. The van der Waals surface area contributed by atoms with Crippen molar-refractivity contribution < 1.29 is 5.03 Å². The molecule has 2 heterocycles. The van der Waals surface area contributed by atoms with Crippen molar-refractivity contribution in [1.29, 1.82) is 0 Å². The Kier molecular flexibility index (Phi) is 4.16.